The maximum Gasteiger partial charge on any atom is 0.237 e. The van der Waals surface area contributed by atoms with Crippen LogP contribution in [0, 0.1) is 5.82 Å². The Morgan fingerprint density at radius 3 is 2.89 bits per heavy atom. The van der Waals surface area contributed by atoms with E-state index in [-0.39, 0.29) is 17.8 Å². The molecule has 2 rings (SSSR count). The van der Waals surface area contributed by atoms with Gasteiger partial charge in [0.1, 0.15) is 5.82 Å². The van der Waals surface area contributed by atoms with Gasteiger partial charge in [0.25, 0.3) is 0 Å². The Morgan fingerprint density at radius 1 is 1.56 bits per heavy atom. The van der Waals surface area contributed by atoms with Gasteiger partial charge >= 0.3 is 0 Å². The summed E-state index contributed by atoms with van der Waals surface area (Å²) < 4.78 is 13.6. The van der Waals surface area contributed by atoms with Crippen molar-refractivity contribution in [2.24, 2.45) is 0 Å². The summed E-state index contributed by atoms with van der Waals surface area (Å²) in [6.07, 6.45) is 2.17. The fraction of sp³-hybridized carbons (Fsp3) is 0.462. The highest BCUT2D eigenvalue weighted by Crippen LogP contribution is 2.19. The molecule has 0 aliphatic heterocycles. The Kier molecular flexibility index (Phi) is 4.35. The quantitative estimate of drug-likeness (QED) is 0.876. The number of rotatable bonds is 5. The van der Waals surface area contributed by atoms with Crippen molar-refractivity contribution in [3.63, 3.8) is 0 Å². The third-order valence-electron chi connectivity index (χ3n) is 2.93. The second-order valence-electron chi connectivity index (χ2n) is 4.62. The van der Waals surface area contributed by atoms with Crippen LogP contribution in [-0.2, 0) is 11.3 Å². The van der Waals surface area contributed by atoms with E-state index in [4.69, 9.17) is 0 Å². The van der Waals surface area contributed by atoms with E-state index in [1.54, 1.807) is 6.07 Å². The molecule has 1 aliphatic carbocycles. The number of benzene rings is 1. The lowest BCUT2D eigenvalue weighted by Crippen LogP contribution is -2.42. The van der Waals surface area contributed by atoms with Crippen LogP contribution < -0.4 is 10.6 Å². The van der Waals surface area contributed by atoms with Crippen molar-refractivity contribution in [1.29, 1.82) is 0 Å². The Labute approximate surface area is 114 Å². The molecule has 98 valence electrons. The molecule has 1 unspecified atom stereocenters. The van der Waals surface area contributed by atoms with Gasteiger partial charge in [0, 0.05) is 17.1 Å². The molecule has 1 aromatic rings. The van der Waals surface area contributed by atoms with E-state index >= 15 is 0 Å². The molecule has 0 heterocycles. The molecule has 0 bridgehead atoms. The van der Waals surface area contributed by atoms with Gasteiger partial charge in [-0.25, -0.2) is 4.39 Å². The highest BCUT2D eigenvalue weighted by Gasteiger charge is 2.25. The highest BCUT2D eigenvalue weighted by molar-refractivity contribution is 9.10. The molecule has 1 fully saturated rings. The van der Waals surface area contributed by atoms with Gasteiger partial charge in [0.05, 0.1) is 6.04 Å². The van der Waals surface area contributed by atoms with Crippen LogP contribution in [0.15, 0.2) is 22.7 Å². The van der Waals surface area contributed by atoms with E-state index in [1.165, 1.54) is 12.1 Å². The zero-order valence-corrected chi connectivity index (χ0v) is 11.8. The topological polar surface area (TPSA) is 41.1 Å². The Morgan fingerprint density at radius 2 is 2.28 bits per heavy atom. The Hall–Kier alpha value is -0.940. The first-order valence-electron chi connectivity index (χ1n) is 6.04. The second kappa shape index (κ2) is 5.80. The largest absolute Gasteiger partial charge is 0.352 e. The molecule has 3 nitrogen and oxygen atoms in total. The third-order valence-corrected chi connectivity index (χ3v) is 3.67. The summed E-state index contributed by atoms with van der Waals surface area (Å²) in [5, 5.41) is 6.07. The molecule has 1 amide bonds. The van der Waals surface area contributed by atoms with E-state index in [1.807, 2.05) is 6.92 Å². The smallest absolute Gasteiger partial charge is 0.237 e. The molecule has 0 radical (unpaired) electrons. The summed E-state index contributed by atoms with van der Waals surface area (Å²) in [6.45, 7) is 2.36. The molecule has 18 heavy (non-hydrogen) atoms. The SMILES string of the molecule is CC(NCc1ccc(F)cc1Br)C(=O)NC1CC1. The van der Waals surface area contributed by atoms with Crippen molar-refractivity contribution >= 4 is 21.8 Å². The van der Waals surface area contributed by atoms with E-state index in [0.717, 1.165) is 18.4 Å². The number of carbonyl (C=O) groups excluding carboxylic acids is 1. The van der Waals surface area contributed by atoms with Crippen molar-refractivity contribution in [2.45, 2.75) is 38.4 Å². The number of hydrogen-bond donors (Lipinski definition) is 2. The van der Waals surface area contributed by atoms with Crippen LogP contribution in [0.3, 0.4) is 0 Å². The maximum absolute atomic E-state index is 12.9. The van der Waals surface area contributed by atoms with E-state index in [9.17, 15) is 9.18 Å². The average molecular weight is 315 g/mol. The third kappa shape index (κ3) is 3.78. The minimum atomic E-state index is -0.273. The number of amides is 1. The zero-order valence-electron chi connectivity index (χ0n) is 10.2. The fourth-order valence-corrected chi connectivity index (χ4v) is 2.07. The van der Waals surface area contributed by atoms with Gasteiger partial charge in [-0.15, -0.1) is 0 Å². The minimum absolute atomic E-state index is 0.0238. The van der Waals surface area contributed by atoms with Gasteiger partial charge in [0.2, 0.25) is 5.91 Å². The normalized spacial score (nSPS) is 16.4. The number of halogens is 2. The molecule has 5 heteroatoms. The summed E-state index contributed by atoms with van der Waals surface area (Å²) in [7, 11) is 0. The lowest BCUT2D eigenvalue weighted by atomic mass is 10.2. The molecule has 0 aromatic heterocycles. The lowest BCUT2D eigenvalue weighted by molar-refractivity contribution is -0.122. The molecular weight excluding hydrogens is 299 g/mol. The van der Waals surface area contributed by atoms with Crippen LogP contribution in [0.5, 0.6) is 0 Å². The van der Waals surface area contributed by atoms with Gasteiger partial charge in [-0.3, -0.25) is 4.79 Å². The maximum atomic E-state index is 12.9. The van der Waals surface area contributed by atoms with Crippen molar-refractivity contribution in [3.8, 4) is 0 Å². The number of nitrogens with one attached hydrogen (secondary N) is 2. The van der Waals surface area contributed by atoms with Gasteiger partial charge < -0.3 is 10.6 Å². The van der Waals surface area contributed by atoms with Gasteiger partial charge in [-0.2, -0.15) is 0 Å². The van der Waals surface area contributed by atoms with Crippen molar-refractivity contribution in [2.75, 3.05) is 0 Å². The van der Waals surface area contributed by atoms with Crippen molar-refractivity contribution < 1.29 is 9.18 Å². The van der Waals surface area contributed by atoms with E-state index < -0.39 is 0 Å². The summed E-state index contributed by atoms with van der Waals surface area (Å²) in [5.41, 5.74) is 0.933. The first-order chi connectivity index (χ1) is 8.56. The van der Waals surface area contributed by atoms with Gasteiger partial charge in [0.15, 0.2) is 0 Å². The molecule has 1 atom stereocenters. The predicted octanol–water partition coefficient (Wildman–Crippen LogP) is 2.34. The summed E-state index contributed by atoms with van der Waals surface area (Å²) in [5.74, 6) is -0.249. The van der Waals surface area contributed by atoms with Crippen molar-refractivity contribution in [3.05, 3.63) is 34.1 Å². The summed E-state index contributed by atoms with van der Waals surface area (Å²) in [4.78, 5) is 11.7. The molecule has 1 saturated carbocycles. The predicted molar refractivity (Wildman–Crippen MR) is 71.6 cm³/mol. The molecule has 2 N–H and O–H groups in total. The number of hydrogen-bond acceptors (Lipinski definition) is 2. The molecular formula is C13H16BrFN2O. The summed E-state index contributed by atoms with van der Waals surface area (Å²) >= 11 is 3.30. The second-order valence-corrected chi connectivity index (χ2v) is 5.48. The van der Waals surface area contributed by atoms with Crippen molar-refractivity contribution in [1.82, 2.24) is 10.6 Å². The first kappa shape index (κ1) is 13.5. The Bertz CT molecular complexity index is 449. The highest BCUT2D eigenvalue weighted by atomic mass is 79.9. The van der Waals surface area contributed by atoms with Gasteiger partial charge in [-0.05, 0) is 37.5 Å². The monoisotopic (exact) mass is 314 g/mol. The molecule has 1 aromatic carbocycles. The first-order valence-corrected chi connectivity index (χ1v) is 6.83. The number of carbonyl (C=O) groups is 1. The van der Waals surface area contributed by atoms with Crippen LogP contribution in [-0.4, -0.2) is 18.0 Å². The standard InChI is InChI=1S/C13H16BrFN2O/c1-8(13(18)17-11-4-5-11)16-7-9-2-3-10(15)6-12(9)14/h2-3,6,8,11,16H,4-5,7H2,1H3,(H,17,18). The van der Waals surface area contributed by atoms with E-state index in [0.29, 0.717) is 17.1 Å². The fourth-order valence-electron chi connectivity index (χ4n) is 1.57. The van der Waals surface area contributed by atoms with Crippen LogP contribution in [0.1, 0.15) is 25.3 Å². The zero-order chi connectivity index (χ0) is 13.1. The van der Waals surface area contributed by atoms with Crippen LogP contribution >= 0.6 is 15.9 Å². The van der Waals surface area contributed by atoms with Crippen LogP contribution in [0.2, 0.25) is 0 Å². The lowest BCUT2D eigenvalue weighted by Gasteiger charge is -2.14. The van der Waals surface area contributed by atoms with Crippen LogP contribution in [0.4, 0.5) is 4.39 Å². The molecule has 1 aliphatic rings. The minimum Gasteiger partial charge on any atom is -0.352 e. The van der Waals surface area contributed by atoms with E-state index in [2.05, 4.69) is 26.6 Å². The Balaban J connectivity index is 1.84. The van der Waals surface area contributed by atoms with Gasteiger partial charge in [-0.1, -0.05) is 22.0 Å². The average Bonchev–Trinajstić information content (AvgIpc) is 3.11. The summed E-state index contributed by atoms with van der Waals surface area (Å²) in [6, 6.07) is 4.67. The molecule has 0 spiro atoms. The molecule has 0 saturated heterocycles. The van der Waals surface area contributed by atoms with Crippen LogP contribution in [0.25, 0.3) is 0 Å².